The van der Waals surface area contributed by atoms with E-state index in [0.29, 0.717) is 5.56 Å². The molecule has 0 saturated carbocycles. The Morgan fingerprint density at radius 2 is 1.76 bits per heavy atom. The number of hydrogen-bond acceptors (Lipinski definition) is 4. The van der Waals surface area contributed by atoms with Crippen LogP contribution in [-0.2, 0) is 11.3 Å². The van der Waals surface area contributed by atoms with Crippen LogP contribution in [0.15, 0.2) is 71.8 Å². The van der Waals surface area contributed by atoms with Gasteiger partial charge in [0, 0.05) is 5.56 Å². The summed E-state index contributed by atoms with van der Waals surface area (Å²) in [5.41, 5.74) is 2.94. The summed E-state index contributed by atoms with van der Waals surface area (Å²) >= 11 is 0. The van der Waals surface area contributed by atoms with Crippen LogP contribution in [0.25, 0.3) is 10.8 Å². The molecule has 3 aromatic rings. The van der Waals surface area contributed by atoms with E-state index in [1.165, 1.54) is 23.4 Å². The summed E-state index contributed by atoms with van der Waals surface area (Å²) in [4.78, 5) is 13.1. The number of hydrogen-bond donors (Lipinski definition) is 1. The maximum absolute atomic E-state index is 11.5. The van der Waals surface area contributed by atoms with Gasteiger partial charge in [-0.25, -0.2) is 4.79 Å². The smallest absolute Gasteiger partial charge is 0.337 e. The van der Waals surface area contributed by atoms with E-state index >= 15 is 0 Å². The maximum atomic E-state index is 11.5. The van der Waals surface area contributed by atoms with Gasteiger partial charge in [-0.3, -0.25) is 5.01 Å². The average molecular weight is 388 g/mol. The van der Waals surface area contributed by atoms with Gasteiger partial charge in [0.15, 0.2) is 0 Å². The van der Waals surface area contributed by atoms with Crippen molar-refractivity contribution in [2.24, 2.45) is 5.10 Å². The van der Waals surface area contributed by atoms with Crippen molar-refractivity contribution in [3.8, 4) is 0 Å². The first-order valence-electron chi connectivity index (χ1n) is 10.0. The lowest BCUT2D eigenvalue weighted by atomic mass is 10.0. The molecule has 5 nitrogen and oxygen atoms in total. The van der Waals surface area contributed by atoms with Gasteiger partial charge in [-0.1, -0.05) is 54.6 Å². The molecule has 0 aromatic heterocycles. The quantitative estimate of drug-likeness (QED) is 0.539. The summed E-state index contributed by atoms with van der Waals surface area (Å²) in [5, 5.41) is 9.41. The van der Waals surface area contributed by atoms with E-state index in [-0.39, 0.29) is 5.97 Å². The molecule has 148 valence electrons. The molecule has 0 amide bonds. The number of hydrazone groups is 1. The molecule has 4 rings (SSSR count). The third kappa shape index (κ3) is 4.63. The van der Waals surface area contributed by atoms with E-state index in [1.54, 1.807) is 17.0 Å². The molecule has 0 aliphatic carbocycles. The minimum atomic E-state index is -0.321. The van der Waals surface area contributed by atoms with Gasteiger partial charge in [0.2, 0.25) is 0 Å². The Bertz CT molecular complexity index is 1000. The molecule has 1 fully saturated rings. The van der Waals surface area contributed by atoms with Crippen molar-refractivity contribution in [1.82, 2.24) is 5.01 Å². The Hall–Kier alpha value is -3.18. The predicted octanol–water partition coefficient (Wildman–Crippen LogP) is 2.36. The summed E-state index contributed by atoms with van der Waals surface area (Å²) in [6.07, 6.45) is 1.86. The van der Waals surface area contributed by atoms with Crippen LogP contribution >= 0.6 is 0 Å². The van der Waals surface area contributed by atoms with Crippen molar-refractivity contribution in [3.05, 3.63) is 83.4 Å². The van der Waals surface area contributed by atoms with Crippen LogP contribution in [0.3, 0.4) is 0 Å². The predicted molar refractivity (Wildman–Crippen MR) is 115 cm³/mol. The Morgan fingerprint density at radius 3 is 2.52 bits per heavy atom. The SMILES string of the molecule is COC(=O)c1ccc(C=NN2CC[NH+](Cc3cccc4ccccc34)CC2)cc1. The number of nitrogens with one attached hydrogen (secondary N) is 1. The number of carbonyl (C=O) groups excluding carboxylic acids is 1. The van der Waals surface area contributed by atoms with Crippen LogP contribution in [0.1, 0.15) is 21.5 Å². The van der Waals surface area contributed by atoms with Crippen molar-refractivity contribution in [3.63, 3.8) is 0 Å². The van der Waals surface area contributed by atoms with E-state index in [1.807, 2.05) is 18.3 Å². The number of rotatable bonds is 5. The average Bonchev–Trinajstić information content (AvgIpc) is 2.79. The third-order valence-corrected chi connectivity index (χ3v) is 5.47. The summed E-state index contributed by atoms with van der Waals surface area (Å²) in [7, 11) is 1.39. The van der Waals surface area contributed by atoms with Gasteiger partial charge in [-0.15, -0.1) is 0 Å². The number of esters is 1. The molecule has 0 radical (unpaired) electrons. The highest BCUT2D eigenvalue weighted by Gasteiger charge is 2.19. The zero-order valence-corrected chi connectivity index (χ0v) is 16.7. The zero-order chi connectivity index (χ0) is 20.1. The normalized spacial score (nSPS) is 15.1. The number of fused-ring (bicyclic) bond motifs is 1. The van der Waals surface area contributed by atoms with E-state index in [2.05, 4.69) is 52.6 Å². The van der Waals surface area contributed by atoms with Gasteiger partial charge >= 0.3 is 5.97 Å². The van der Waals surface area contributed by atoms with Crippen LogP contribution in [-0.4, -0.2) is 50.5 Å². The van der Waals surface area contributed by atoms with E-state index in [0.717, 1.165) is 38.3 Å². The molecular weight excluding hydrogens is 362 g/mol. The molecule has 0 bridgehead atoms. The molecule has 1 heterocycles. The molecule has 1 saturated heterocycles. The van der Waals surface area contributed by atoms with Crippen LogP contribution in [0.2, 0.25) is 0 Å². The fourth-order valence-electron chi connectivity index (χ4n) is 3.79. The number of quaternary nitrogens is 1. The summed E-state index contributed by atoms with van der Waals surface area (Å²) in [5.74, 6) is -0.321. The number of nitrogens with zero attached hydrogens (tertiary/aromatic N) is 2. The lowest BCUT2D eigenvalue weighted by molar-refractivity contribution is -0.918. The molecule has 1 aliphatic rings. The molecule has 0 spiro atoms. The summed E-state index contributed by atoms with van der Waals surface area (Å²) < 4.78 is 4.72. The van der Waals surface area contributed by atoms with Crippen LogP contribution in [0.4, 0.5) is 0 Å². The van der Waals surface area contributed by atoms with Gasteiger partial charge in [0.05, 0.1) is 45.1 Å². The number of carbonyl (C=O) groups is 1. The number of ether oxygens (including phenoxy) is 1. The lowest BCUT2D eigenvalue weighted by Crippen LogP contribution is -3.13. The van der Waals surface area contributed by atoms with Crippen LogP contribution < -0.4 is 4.90 Å². The molecular formula is C24H26N3O2+. The Morgan fingerprint density at radius 1 is 1.03 bits per heavy atom. The maximum Gasteiger partial charge on any atom is 0.337 e. The van der Waals surface area contributed by atoms with Crippen molar-refractivity contribution in [2.75, 3.05) is 33.3 Å². The minimum absolute atomic E-state index is 0.321. The second-order valence-corrected chi connectivity index (χ2v) is 7.38. The highest BCUT2D eigenvalue weighted by Crippen LogP contribution is 2.17. The largest absolute Gasteiger partial charge is 0.465 e. The monoisotopic (exact) mass is 388 g/mol. The van der Waals surface area contributed by atoms with Gasteiger partial charge in [-0.05, 0) is 28.5 Å². The topological polar surface area (TPSA) is 46.3 Å². The number of piperazine rings is 1. The van der Waals surface area contributed by atoms with E-state index in [4.69, 9.17) is 4.74 Å². The first-order chi connectivity index (χ1) is 14.2. The molecule has 0 atom stereocenters. The Kier molecular flexibility index (Phi) is 5.86. The fraction of sp³-hybridized carbons (Fsp3) is 0.250. The summed E-state index contributed by atoms with van der Waals surface area (Å²) in [6.45, 7) is 5.07. The highest BCUT2D eigenvalue weighted by molar-refractivity contribution is 5.90. The number of methoxy groups -OCH3 is 1. The fourth-order valence-corrected chi connectivity index (χ4v) is 3.79. The van der Waals surface area contributed by atoms with Crippen molar-refractivity contribution in [1.29, 1.82) is 0 Å². The van der Waals surface area contributed by atoms with Gasteiger partial charge in [0.1, 0.15) is 6.54 Å². The number of benzene rings is 3. The molecule has 3 aromatic carbocycles. The van der Waals surface area contributed by atoms with Crippen molar-refractivity contribution in [2.45, 2.75) is 6.54 Å². The second kappa shape index (κ2) is 8.88. The Labute approximate surface area is 171 Å². The van der Waals surface area contributed by atoms with E-state index in [9.17, 15) is 4.79 Å². The summed E-state index contributed by atoms with van der Waals surface area (Å²) in [6, 6.07) is 22.5. The molecule has 0 unspecified atom stereocenters. The van der Waals surface area contributed by atoms with Crippen molar-refractivity contribution < 1.29 is 14.4 Å². The first-order valence-corrected chi connectivity index (χ1v) is 10.0. The molecule has 29 heavy (non-hydrogen) atoms. The molecule has 1 N–H and O–H groups in total. The van der Waals surface area contributed by atoms with Crippen LogP contribution in [0, 0.1) is 0 Å². The van der Waals surface area contributed by atoms with Crippen LogP contribution in [0.5, 0.6) is 0 Å². The van der Waals surface area contributed by atoms with Gasteiger partial charge in [-0.2, -0.15) is 5.10 Å². The first kappa shape index (κ1) is 19.2. The molecule has 5 heteroatoms. The highest BCUT2D eigenvalue weighted by atomic mass is 16.5. The van der Waals surface area contributed by atoms with Gasteiger partial charge in [0.25, 0.3) is 0 Å². The second-order valence-electron chi connectivity index (χ2n) is 7.38. The standard InChI is InChI=1S/C24H25N3O2/c1-29-24(28)21-11-9-19(10-12-21)17-25-27-15-13-26(14-16-27)18-22-7-4-6-20-5-2-3-8-23(20)22/h2-12,17H,13-16,18H2,1H3/p+1. The third-order valence-electron chi connectivity index (χ3n) is 5.47. The van der Waals surface area contributed by atoms with E-state index < -0.39 is 0 Å². The lowest BCUT2D eigenvalue weighted by Gasteiger charge is -2.30. The van der Waals surface area contributed by atoms with Crippen molar-refractivity contribution >= 4 is 23.0 Å². The zero-order valence-electron chi connectivity index (χ0n) is 16.7. The Balaban J connectivity index is 1.32. The minimum Gasteiger partial charge on any atom is -0.465 e. The molecule has 1 aliphatic heterocycles. The van der Waals surface area contributed by atoms with Gasteiger partial charge < -0.3 is 9.64 Å².